The second-order valence-electron chi connectivity index (χ2n) is 3.22. The minimum Gasteiger partial charge on any atom is -0.390 e. The summed E-state index contributed by atoms with van der Waals surface area (Å²) < 4.78 is 0. The van der Waals surface area contributed by atoms with Crippen molar-refractivity contribution < 1.29 is 5.11 Å². The molecule has 3 nitrogen and oxygen atoms in total. The van der Waals surface area contributed by atoms with Crippen LogP contribution in [-0.2, 0) is 6.61 Å². The highest BCUT2D eigenvalue weighted by atomic mass is 16.3. The third-order valence-corrected chi connectivity index (χ3v) is 2.15. The van der Waals surface area contributed by atoms with Crippen molar-refractivity contribution in [3.63, 3.8) is 0 Å². The van der Waals surface area contributed by atoms with Crippen molar-refractivity contribution in [3.8, 4) is 0 Å². The Bertz CT molecular complexity index is 276. The van der Waals surface area contributed by atoms with Crippen LogP contribution in [0.2, 0.25) is 0 Å². The van der Waals surface area contributed by atoms with Crippen molar-refractivity contribution in [1.82, 2.24) is 4.98 Å². The summed E-state index contributed by atoms with van der Waals surface area (Å²) in [6.45, 7) is 6.24. The first-order chi connectivity index (χ1) is 6.81. The van der Waals surface area contributed by atoms with E-state index in [2.05, 4.69) is 23.7 Å². The Morgan fingerprint density at radius 3 is 2.71 bits per heavy atom. The lowest BCUT2D eigenvalue weighted by atomic mass is 10.3. The van der Waals surface area contributed by atoms with E-state index in [0.717, 1.165) is 31.0 Å². The van der Waals surface area contributed by atoms with Gasteiger partial charge in [-0.05, 0) is 25.5 Å². The van der Waals surface area contributed by atoms with Gasteiger partial charge in [-0.25, -0.2) is 4.98 Å². The molecule has 1 N–H and O–H groups in total. The van der Waals surface area contributed by atoms with E-state index in [-0.39, 0.29) is 6.61 Å². The average molecular weight is 194 g/mol. The highest BCUT2D eigenvalue weighted by molar-refractivity contribution is 5.38. The molecular formula is C11H18N2O. The van der Waals surface area contributed by atoms with Gasteiger partial charge in [-0.1, -0.05) is 13.0 Å². The number of pyridine rings is 1. The molecule has 1 aromatic heterocycles. The fourth-order valence-corrected chi connectivity index (χ4v) is 1.44. The highest BCUT2D eigenvalue weighted by Crippen LogP contribution is 2.11. The Morgan fingerprint density at radius 1 is 1.36 bits per heavy atom. The number of anilines is 1. The number of hydrogen-bond acceptors (Lipinski definition) is 3. The minimum atomic E-state index is 0.0114. The number of rotatable bonds is 5. The molecule has 0 aliphatic heterocycles. The van der Waals surface area contributed by atoms with E-state index in [0.29, 0.717) is 0 Å². The molecule has 0 amide bonds. The van der Waals surface area contributed by atoms with Gasteiger partial charge in [0.2, 0.25) is 0 Å². The molecule has 1 aromatic rings. The summed E-state index contributed by atoms with van der Waals surface area (Å²) in [7, 11) is 0. The van der Waals surface area contributed by atoms with Crippen LogP contribution >= 0.6 is 0 Å². The summed E-state index contributed by atoms with van der Waals surface area (Å²) in [4.78, 5) is 6.56. The largest absolute Gasteiger partial charge is 0.390 e. The Kier molecular flexibility index (Phi) is 4.40. The fourth-order valence-electron chi connectivity index (χ4n) is 1.44. The Morgan fingerprint density at radius 2 is 2.14 bits per heavy atom. The van der Waals surface area contributed by atoms with Crippen molar-refractivity contribution in [2.45, 2.75) is 26.9 Å². The molecule has 1 heterocycles. The maximum Gasteiger partial charge on any atom is 0.128 e. The number of hydrogen-bond donors (Lipinski definition) is 1. The molecule has 0 atom stereocenters. The van der Waals surface area contributed by atoms with Gasteiger partial charge < -0.3 is 10.0 Å². The van der Waals surface area contributed by atoms with Gasteiger partial charge in [0, 0.05) is 13.1 Å². The van der Waals surface area contributed by atoms with Gasteiger partial charge >= 0.3 is 0 Å². The zero-order chi connectivity index (χ0) is 10.4. The predicted octanol–water partition coefficient (Wildman–Crippen LogP) is 1.81. The molecule has 0 radical (unpaired) electrons. The average Bonchev–Trinajstić information content (AvgIpc) is 2.26. The molecule has 0 unspecified atom stereocenters. The normalized spacial score (nSPS) is 10.2. The quantitative estimate of drug-likeness (QED) is 0.776. The SMILES string of the molecule is CCCN(CC)c1cccc(CO)n1. The van der Waals surface area contributed by atoms with E-state index in [1.165, 1.54) is 0 Å². The molecule has 14 heavy (non-hydrogen) atoms. The molecular weight excluding hydrogens is 176 g/mol. The first-order valence-corrected chi connectivity index (χ1v) is 5.13. The Labute approximate surface area is 85.4 Å². The van der Waals surface area contributed by atoms with Crippen LogP contribution in [-0.4, -0.2) is 23.2 Å². The van der Waals surface area contributed by atoms with E-state index >= 15 is 0 Å². The summed E-state index contributed by atoms with van der Waals surface area (Å²) in [6.07, 6.45) is 1.11. The number of aliphatic hydroxyl groups is 1. The molecule has 0 spiro atoms. The molecule has 1 rings (SSSR count). The molecule has 0 bridgehead atoms. The van der Waals surface area contributed by atoms with Crippen molar-refractivity contribution in [2.24, 2.45) is 0 Å². The molecule has 0 aromatic carbocycles. The van der Waals surface area contributed by atoms with E-state index < -0.39 is 0 Å². The third-order valence-electron chi connectivity index (χ3n) is 2.15. The number of nitrogens with zero attached hydrogens (tertiary/aromatic N) is 2. The Balaban J connectivity index is 2.80. The number of aliphatic hydroxyl groups excluding tert-OH is 1. The molecule has 0 saturated heterocycles. The molecule has 0 aliphatic rings. The van der Waals surface area contributed by atoms with E-state index in [1.54, 1.807) is 0 Å². The molecule has 78 valence electrons. The van der Waals surface area contributed by atoms with Crippen LogP contribution in [0, 0.1) is 0 Å². The van der Waals surface area contributed by atoms with Crippen LogP contribution in [0.5, 0.6) is 0 Å². The fraction of sp³-hybridized carbons (Fsp3) is 0.545. The van der Waals surface area contributed by atoms with E-state index in [1.807, 2.05) is 18.2 Å². The summed E-state index contributed by atoms with van der Waals surface area (Å²) in [5, 5.41) is 8.97. The lowest BCUT2D eigenvalue weighted by Gasteiger charge is -2.21. The van der Waals surface area contributed by atoms with Crippen LogP contribution in [0.15, 0.2) is 18.2 Å². The standard InChI is InChI=1S/C11H18N2O/c1-3-8-13(4-2)11-7-5-6-10(9-14)12-11/h5-7,14H,3-4,8-9H2,1-2H3. The monoisotopic (exact) mass is 194 g/mol. The van der Waals surface area contributed by atoms with Gasteiger partial charge in [0.05, 0.1) is 12.3 Å². The van der Waals surface area contributed by atoms with Crippen LogP contribution in [0.1, 0.15) is 26.0 Å². The zero-order valence-corrected chi connectivity index (χ0v) is 8.90. The second kappa shape index (κ2) is 5.60. The van der Waals surface area contributed by atoms with Crippen LogP contribution < -0.4 is 4.90 Å². The van der Waals surface area contributed by atoms with Crippen molar-refractivity contribution in [3.05, 3.63) is 23.9 Å². The maximum absolute atomic E-state index is 8.97. The summed E-state index contributed by atoms with van der Waals surface area (Å²) in [5.41, 5.74) is 0.733. The maximum atomic E-state index is 8.97. The molecule has 3 heteroatoms. The second-order valence-corrected chi connectivity index (χ2v) is 3.22. The summed E-state index contributed by atoms with van der Waals surface area (Å²) >= 11 is 0. The van der Waals surface area contributed by atoms with Gasteiger partial charge in [-0.2, -0.15) is 0 Å². The van der Waals surface area contributed by atoms with Gasteiger partial charge in [0.25, 0.3) is 0 Å². The van der Waals surface area contributed by atoms with E-state index in [4.69, 9.17) is 5.11 Å². The molecule has 0 saturated carbocycles. The van der Waals surface area contributed by atoms with Gasteiger partial charge in [-0.3, -0.25) is 0 Å². The van der Waals surface area contributed by atoms with Crippen LogP contribution in [0.4, 0.5) is 5.82 Å². The first-order valence-electron chi connectivity index (χ1n) is 5.13. The summed E-state index contributed by atoms with van der Waals surface area (Å²) in [5.74, 6) is 0.959. The topological polar surface area (TPSA) is 36.4 Å². The first kappa shape index (κ1) is 11.0. The van der Waals surface area contributed by atoms with E-state index in [9.17, 15) is 0 Å². The molecule has 0 aliphatic carbocycles. The van der Waals surface area contributed by atoms with Gasteiger partial charge in [0.15, 0.2) is 0 Å². The molecule has 0 fully saturated rings. The summed E-state index contributed by atoms with van der Waals surface area (Å²) in [6, 6.07) is 5.76. The van der Waals surface area contributed by atoms with Gasteiger partial charge in [0.1, 0.15) is 5.82 Å². The van der Waals surface area contributed by atoms with Crippen molar-refractivity contribution in [2.75, 3.05) is 18.0 Å². The van der Waals surface area contributed by atoms with Gasteiger partial charge in [-0.15, -0.1) is 0 Å². The smallest absolute Gasteiger partial charge is 0.128 e. The predicted molar refractivity (Wildman–Crippen MR) is 58.3 cm³/mol. The highest BCUT2D eigenvalue weighted by Gasteiger charge is 2.04. The number of aromatic nitrogens is 1. The van der Waals surface area contributed by atoms with Crippen LogP contribution in [0.25, 0.3) is 0 Å². The van der Waals surface area contributed by atoms with Crippen molar-refractivity contribution in [1.29, 1.82) is 0 Å². The lowest BCUT2D eigenvalue weighted by molar-refractivity contribution is 0.277. The lowest BCUT2D eigenvalue weighted by Crippen LogP contribution is -2.24. The Hall–Kier alpha value is -1.09. The zero-order valence-electron chi connectivity index (χ0n) is 8.90. The van der Waals surface area contributed by atoms with Crippen molar-refractivity contribution >= 4 is 5.82 Å². The minimum absolute atomic E-state index is 0.0114. The van der Waals surface area contributed by atoms with Crippen LogP contribution in [0.3, 0.4) is 0 Å². The third kappa shape index (κ3) is 2.70.